The normalized spacial score (nSPS) is 16.0. The SMILES string of the molecule is COc1ccc(C)cc1NC(=O)C1CCCN1C(=O)c1cc(C)nc2c1c(C)nn2C. The largest absolute Gasteiger partial charge is 0.495 e. The molecule has 1 N–H and O–H groups in total. The van der Waals surface area contributed by atoms with Crippen molar-refractivity contribution >= 4 is 28.5 Å². The van der Waals surface area contributed by atoms with Gasteiger partial charge in [0.05, 0.1) is 29.4 Å². The molecule has 1 aliphatic heterocycles. The van der Waals surface area contributed by atoms with Crippen LogP contribution >= 0.6 is 0 Å². The van der Waals surface area contributed by atoms with E-state index in [2.05, 4.69) is 15.4 Å². The Morgan fingerprint density at radius 3 is 2.71 bits per heavy atom. The third kappa shape index (κ3) is 3.73. The molecule has 3 aromatic rings. The number of aromatic nitrogens is 3. The van der Waals surface area contributed by atoms with Crippen LogP contribution in [0.2, 0.25) is 0 Å². The minimum absolute atomic E-state index is 0.166. The number of hydrogen-bond donors (Lipinski definition) is 1. The van der Waals surface area contributed by atoms with Gasteiger partial charge >= 0.3 is 0 Å². The third-order valence-corrected chi connectivity index (χ3v) is 5.76. The highest BCUT2D eigenvalue weighted by Crippen LogP contribution is 2.29. The molecule has 0 spiro atoms. The summed E-state index contributed by atoms with van der Waals surface area (Å²) in [6.45, 7) is 6.21. The van der Waals surface area contributed by atoms with Crippen LogP contribution in [-0.4, -0.2) is 51.2 Å². The fourth-order valence-electron chi connectivity index (χ4n) is 4.31. The number of carbonyl (C=O) groups is 2. The zero-order chi connectivity index (χ0) is 22.3. The Hall–Kier alpha value is -3.42. The van der Waals surface area contributed by atoms with Gasteiger partial charge in [-0.25, -0.2) is 4.98 Å². The zero-order valence-electron chi connectivity index (χ0n) is 18.5. The number of ether oxygens (including phenoxy) is 1. The predicted molar refractivity (Wildman–Crippen MR) is 118 cm³/mol. The zero-order valence-corrected chi connectivity index (χ0v) is 18.5. The van der Waals surface area contributed by atoms with Crippen molar-refractivity contribution in [3.63, 3.8) is 0 Å². The predicted octanol–water partition coefficient (Wildman–Crippen LogP) is 3.15. The van der Waals surface area contributed by atoms with Crippen molar-refractivity contribution in [1.82, 2.24) is 19.7 Å². The first-order valence-electron chi connectivity index (χ1n) is 10.4. The summed E-state index contributed by atoms with van der Waals surface area (Å²) in [6.07, 6.45) is 1.39. The maximum Gasteiger partial charge on any atom is 0.255 e. The van der Waals surface area contributed by atoms with Crippen LogP contribution in [-0.2, 0) is 11.8 Å². The number of aryl methyl sites for hydroxylation is 4. The van der Waals surface area contributed by atoms with Crippen LogP contribution in [0.5, 0.6) is 5.75 Å². The molecule has 2 amide bonds. The molecule has 1 atom stereocenters. The van der Waals surface area contributed by atoms with E-state index in [0.717, 1.165) is 28.8 Å². The maximum atomic E-state index is 13.6. The number of methoxy groups -OCH3 is 1. The standard InChI is InChI=1S/C23H27N5O3/c1-13-8-9-19(31-5)17(11-13)25-22(29)18-7-6-10-28(18)23(30)16-12-14(2)24-21-20(16)15(3)26-27(21)4/h8-9,11-12,18H,6-7,10H2,1-5H3,(H,25,29). The summed E-state index contributed by atoms with van der Waals surface area (Å²) in [6, 6.07) is 6.86. The van der Waals surface area contributed by atoms with Gasteiger partial charge in [0.1, 0.15) is 11.8 Å². The molecular weight excluding hydrogens is 394 g/mol. The van der Waals surface area contributed by atoms with E-state index in [1.165, 1.54) is 0 Å². The molecule has 1 unspecified atom stereocenters. The number of benzene rings is 1. The number of pyridine rings is 1. The van der Waals surface area contributed by atoms with Crippen LogP contribution in [0.1, 0.15) is 40.2 Å². The lowest BCUT2D eigenvalue weighted by atomic mass is 10.1. The average Bonchev–Trinajstić information content (AvgIpc) is 3.32. The van der Waals surface area contributed by atoms with Crippen molar-refractivity contribution in [2.75, 3.05) is 19.0 Å². The first kappa shape index (κ1) is 20.8. The summed E-state index contributed by atoms with van der Waals surface area (Å²) < 4.78 is 7.06. The quantitative estimate of drug-likeness (QED) is 0.699. The van der Waals surface area contributed by atoms with Gasteiger partial charge in [-0.05, 0) is 57.4 Å². The summed E-state index contributed by atoms with van der Waals surface area (Å²) in [5.41, 5.74) is 4.32. The Bertz CT molecular complexity index is 1180. The van der Waals surface area contributed by atoms with Crippen molar-refractivity contribution in [2.45, 2.75) is 39.7 Å². The Balaban J connectivity index is 1.65. The van der Waals surface area contributed by atoms with Gasteiger partial charge in [0.15, 0.2) is 5.65 Å². The lowest BCUT2D eigenvalue weighted by molar-refractivity contribution is -0.119. The molecule has 0 bridgehead atoms. The molecule has 0 radical (unpaired) electrons. The second kappa shape index (κ2) is 8.02. The minimum atomic E-state index is -0.543. The summed E-state index contributed by atoms with van der Waals surface area (Å²) in [5, 5.41) is 8.13. The lowest BCUT2D eigenvalue weighted by Crippen LogP contribution is -2.43. The number of anilines is 1. The smallest absolute Gasteiger partial charge is 0.255 e. The molecule has 3 heterocycles. The Morgan fingerprint density at radius 2 is 1.97 bits per heavy atom. The molecule has 2 aromatic heterocycles. The molecule has 1 aliphatic rings. The summed E-state index contributed by atoms with van der Waals surface area (Å²) >= 11 is 0. The van der Waals surface area contributed by atoms with Crippen LogP contribution in [0.3, 0.4) is 0 Å². The highest BCUT2D eigenvalue weighted by molar-refractivity contribution is 6.09. The Labute approximate surface area is 181 Å². The summed E-state index contributed by atoms with van der Waals surface area (Å²) in [4.78, 5) is 32.9. The van der Waals surface area contributed by atoms with E-state index < -0.39 is 6.04 Å². The molecule has 1 fully saturated rings. The Morgan fingerprint density at radius 1 is 1.19 bits per heavy atom. The van der Waals surface area contributed by atoms with Gasteiger partial charge in [-0.3, -0.25) is 14.3 Å². The average molecular weight is 422 g/mol. The number of likely N-dealkylation sites (tertiary alicyclic amines) is 1. The molecule has 8 nitrogen and oxygen atoms in total. The van der Waals surface area contributed by atoms with Crippen molar-refractivity contribution in [2.24, 2.45) is 7.05 Å². The van der Waals surface area contributed by atoms with E-state index in [1.54, 1.807) is 22.8 Å². The first-order valence-corrected chi connectivity index (χ1v) is 10.4. The van der Waals surface area contributed by atoms with E-state index >= 15 is 0 Å². The second-order valence-corrected chi connectivity index (χ2v) is 8.07. The topological polar surface area (TPSA) is 89.3 Å². The molecule has 0 saturated carbocycles. The van der Waals surface area contributed by atoms with Crippen LogP contribution < -0.4 is 10.1 Å². The molecule has 4 rings (SSSR count). The highest BCUT2D eigenvalue weighted by Gasteiger charge is 2.36. The van der Waals surface area contributed by atoms with Gasteiger partial charge in [-0.2, -0.15) is 5.10 Å². The summed E-state index contributed by atoms with van der Waals surface area (Å²) in [7, 11) is 3.39. The van der Waals surface area contributed by atoms with Crippen LogP contribution in [0.25, 0.3) is 11.0 Å². The minimum Gasteiger partial charge on any atom is -0.495 e. The fraction of sp³-hybridized carbons (Fsp3) is 0.391. The van der Waals surface area contributed by atoms with Crippen LogP contribution in [0, 0.1) is 20.8 Å². The van der Waals surface area contributed by atoms with E-state index in [0.29, 0.717) is 35.6 Å². The number of rotatable bonds is 4. The molecule has 31 heavy (non-hydrogen) atoms. The number of nitrogens with one attached hydrogen (secondary N) is 1. The molecule has 162 valence electrons. The number of nitrogens with zero attached hydrogens (tertiary/aromatic N) is 4. The van der Waals surface area contributed by atoms with E-state index in [-0.39, 0.29) is 11.8 Å². The molecule has 8 heteroatoms. The number of fused-ring (bicyclic) bond motifs is 1. The van der Waals surface area contributed by atoms with Gasteiger partial charge in [0.25, 0.3) is 5.91 Å². The molecule has 1 saturated heterocycles. The molecule has 1 aromatic carbocycles. The van der Waals surface area contributed by atoms with Gasteiger partial charge in [-0.15, -0.1) is 0 Å². The van der Waals surface area contributed by atoms with Crippen molar-refractivity contribution < 1.29 is 14.3 Å². The van der Waals surface area contributed by atoms with Gasteiger partial charge in [0.2, 0.25) is 5.91 Å². The maximum absolute atomic E-state index is 13.6. The fourth-order valence-corrected chi connectivity index (χ4v) is 4.31. The highest BCUT2D eigenvalue weighted by atomic mass is 16.5. The second-order valence-electron chi connectivity index (χ2n) is 8.07. The van der Waals surface area contributed by atoms with E-state index in [4.69, 9.17) is 4.74 Å². The molecular formula is C23H27N5O3. The number of hydrogen-bond acceptors (Lipinski definition) is 5. The van der Waals surface area contributed by atoms with Crippen LogP contribution in [0.15, 0.2) is 24.3 Å². The van der Waals surface area contributed by atoms with E-state index in [1.807, 2.05) is 46.0 Å². The van der Waals surface area contributed by atoms with Gasteiger partial charge < -0.3 is 15.0 Å². The summed E-state index contributed by atoms with van der Waals surface area (Å²) in [5.74, 6) is 0.215. The first-order chi connectivity index (χ1) is 14.8. The van der Waals surface area contributed by atoms with Crippen molar-refractivity contribution in [3.8, 4) is 5.75 Å². The number of amides is 2. The third-order valence-electron chi connectivity index (χ3n) is 5.76. The van der Waals surface area contributed by atoms with Crippen molar-refractivity contribution in [1.29, 1.82) is 0 Å². The van der Waals surface area contributed by atoms with E-state index in [9.17, 15) is 9.59 Å². The number of carbonyl (C=O) groups excluding carboxylic acids is 2. The lowest BCUT2D eigenvalue weighted by Gasteiger charge is -2.25. The monoisotopic (exact) mass is 421 g/mol. The van der Waals surface area contributed by atoms with Gasteiger partial charge in [0, 0.05) is 19.3 Å². The Kier molecular flexibility index (Phi) is 5.39. The molecule has 0 aliphatic carbocycles. The van der Waals surface area contributed by atoms with Crippen molar-refractivity contribution in [3.05, 3.63) is 46.8 Å². The van der Waals surface area contributed by atoms with Crippen LogP contribution in [0.4, 0.5) is 5.69 Å². The van der Waals surface area contributed by atoms with Gasteiger partial charge in [-0.1, -0.05) is 6.07 Å².